The average Bonchev–Trinajstić information content (AvgIpc) is 2.79. The van der Waals surface area contributed by atoms with Gasteiger partial charge in [0, 0.05) is 28.2 Å². The number of hydrogen-bond donors (Lipinski definition) is 1. The van der Waals surface area contributed by atoms with Crippen LogP contribution in [0.4, 0.5) is 10.1 Å². The Morgan fingerprint density at radius 2 is 2.18 bits per heavy atom. The number of hydrogen-bond acceptors (Lipinski definition) is 4. The van der Waals surface area contributed by atoms with E-state index in [0.29, 0.717) is 31.6 Å². The zero-order chi connectivity index (χ0) is 15.9. The van der Waals surface area contributed by atoms with Gasteiger partial charge in [-0.15, -0.1) is 11.3 Å². The first-order valence-electron chi connectivity index (χ1n) is 6.17. The Bertz CT molecular complexity index is 841. The molecule has 1 aliphatic rings. The Kier molecular flexibility index (Phi) is 3.72. The molecule has 0 saturated carbocycles. The number of carboxylic acids is 1. The summed E-state index contributed by atoms with van der Waals surface area (Å²) in [6.07, 6.45) is 1.07. The van der Waals surface area contributed by atoms with Gasteiger partial charge >= 0.3 is 5.97 Å². The number of methoxy groups -OCH3 is 1. The molecule has 3 rings (SSSR count). The van der Waals surface area contributed by atoms with Crippen LogP contribution in [0.15, 0.2) is 35.3 Å². The fourth-order valence-corrected chi connectivity index (χ4v) is 3.51. The molecule has 1 aliphatic heterocycles. The highest BCUT2D eigenvalue weighted by atomic mass is 35.5. The summed E-state index contributed by atoms with van der Waals surface area (Å²) in [5.41, 5.74) is 1.83. The molecule has 0 bridgehead atoms. The molecule has 0 atom stereocenters. The van der Waals surface area contributed by atoms with Gasteiger partial charge in [0.05, 0.1) is 22.7 Å². The van der Waals surface area contributed by atoms with Crippen LogP contribution in [0.3, 0.4) is 0 Å². The molecule has 0 aliphatic carbocycles. The third-order valence-electron chi connectivity index (χ3n) is 3.11. The van der Waals surface area contributed by atoms with Crippen LogP contribution in [-0.4, -0.2) is 24.1 Å². The maximum atomic E-state index is 13.5. The van der Waals surface area contributed by atoms with E-state index in [0.717, 1.165) is 6.08 Å². The number of aliphatic carboxylic acids is 1. The summed E-state index contributed by atoms with van der Waals surface area (Å²) in [7, 11) is 1.44. The molecule has 2 aromatic rings. The number of aliphatic imine (C=N–C) groups is 1. The molecule has 22 heavy (non-hydrogen) atoms. The molecule has 1 N–H and O–H groups in total. The SMILES string of the molecule is COC1=Nc2cc(F)ccc2C(=CC(=O)O)c2sc(Cl)cc21. The molecule has 0 fully saturated rings. The van der Waals surface area contributed by atoms with E-state index in [1.165, 1.54) is 36.6 Å². The maximum absolute atomic E-state index is 13.5. The highest BCUT2D eigenvalue weighted by molar-refractivity contribution is 7.17. The third kappa shape index (κ3) is 2.51. The van der Waals surface area contributed by atoms with Gasteiger partial charge < -0.3 is 9.84 Å². The van der Waals surface area contributed by atoms with E-state index in [4.69, 9.17) is 21.4 Å². The number of nitrogens with zero attached hydrogens (tertiary/aromatic N) is 1. The van der Waals surface area contributed by atoms with E-state index in [9.17, 15) is 9.18 Å². The minimum atomic E-state index is -1.11. The van der Waals surface area contributed by atoms with E-state index in [2.05, 4.69) is 4.99 Å². The highest BCUT2D eigenvalue weighted by Gasteiger charge is 2.25. The molecule has 0 saturated heterocycles. The monoisotopic (exact) mass is 337 g/mol. The molecular weight excluding hydrogens is 329 g/mol. The Balaban J connectivity index is 2.38. The van der Waals surface area contributed by atoms with Crippen molar-refractivity contribution in [2.45, 2.75) is 0 Å². The lowest BCUT2D eigenvalue weighted by Gasteiger charge is -2.07. The fourth-order valence-electron chi connectivity index (χ4n) is 2.26. The van der Waals surface area contributed by atoms with Crippen molar-refractivity contribution in [1.29, 1.82) is 0 Å². The highest BCUT2D eigenvalue weighted by Crippen LogP contribution is 2.42. The topological polar surface area (TPSA) is 58.9 Å². The van der Waals surface area contributed by atoms with E-state index in [1.54, 1.807) is 6.07 Å². The maximum Gasteiger partial charge on any atom is 0.328 e. The summed E-state index contributed by atoms with van der Waals surface area (Å²) >= 11 is 7.27. The second-order valence-electron chi connectivity index (χ2n) is 4.47. The molecule has 2 heterocycles. The predicted molar refractivity (Wildman–Crippen MR) is 83.6 cm³/mol. The van der Waals surface area contributed by atoms with Gasteiger partial charge in [-0.2, -0.15) is 0 Å². The molecular formula is C15H9ClFNO3S. The molecule has 1 aromatic carbocycles. The number of carboxylic acid groups (broad SMARTS) is 1. The average molecular weight is 338 g/mol. The molecule has 7 heteroatoms. The van der Waals surface area contributed by atoms with Gasteiger partial charge in [-0.1, -0.05) is 11.6 Å². The van der Waals surface area contributed by atoms with Crippen LogP contribution in [0.5, 0.6) is 0 Å². The lowest BCUT2D eigenvalue weighted by Crippen LogP contribution is -2.03. The Morgan fingerprint density at radius 1 is 1.41 bits per heavy atom. The van der Waals surface area contributed by atoms with Gasteiger partial charge in [0.25, 0.3) is 0 Å². The summed E-state index contributed by atoms with van der Waals surface area (Å²) in [6, 6.07) is 5.65. The third-order valence-corrected chi connectivity index (χ3v) is 4.41. The summed E-state index contributed by atoms with van der Waals surface area (Å²) < 4.78 is 19.2. The van der Waals surface area contributed by atoms with E-state index >= 15 is 0 Å². The van der Waals surface area contributed by atoms with Crippen molar-refractivity contribution in [2.24, 2.45) is 4.99 Å². The van der Waals surface area contributed by atoms with E-state index in [-0.39, 0.29) is 5.90 Å². The number of thiophene rings is 1. The minimum absolute atomic E-state index is 0.263. The van der Waals surface area contributed by atoms with Crippen molar-refractivity contribution in [1.82, 2.24) is 0 Å². The van der Waals surface area contributed by atoms with Crippen molar-refractivity contribution in [3.63, 3.8) is 0 Å². The second kappa shape index (κ2) is 5.55. The van der Waals surface area contributed by atoms with Crippen LogP contribution in [0.25, 0.3) is 5.57 Å². The van der Waals surface area contributed by atoms with Crippen molar-refractivity contribution < 1.29 is 19.0 Å². The molecule has 112 valence electrons. The van der Waals surface area contributed by atoms with E-state index < -0.39 is 11.8 Å². The first kappa shape index (κ1) is 14.7. The van der Waals surface area contributed by atoms with Gasteiger partial charge in [-0.05, 0) is 18.2 Å². The normalized spacial score (nSPS) is 14.9. The first-order chi connectivity index (χ1) is 10.5. The van der Waals surface area contributed by atoms with Gasteiger partial charge in [0.15, 0.2) is 0 Å². The molecule has 0 unspecified atom stereocenters. The first-order valence-corrected chi connectivity index (χ1v) is 7.36. The van der Waals surface area contributed by atoms with Crippen LogP contribution in [0.2, 0.25) is 4.34 Å². The van der Waals surface area contributed by atoms with Gasteiger partial charge in [-0.25, -0.2) is 14.2 Å². The largest absolute Gasteiger partial charge is 0.481 e. The summed E-state index contributed by atoms with van der Waals surface area (Å²) in [4.78, 5) is 16.1. The Labute approximate surface area is 134 Å². The number of rotatable bonds is 1. The predicted octanol–water partition coefficient (Wildman–Crippen LogP) is 4.10. The number of fused-ring (bicyclic) bond motifs is 2. The van der Waals surface area contributed by atoms with Crippen molar-refractivity contribution >= 4 is 46.1 Å². The Morgan fingerprint density at radius 3 is 2.86 bits per heavy atom. The van der Waals surface area contributed by atoms with Crippen LogP contribution in [0, 0.1) is 5.82 Å². The molecule has 4 nitrogen and oxygen atoms in total. The van der Waals surface area contributed by atoms with Crippen LogP contribution >= 0.6 is 22.9 Å². The zero-order valence-electron chi connectivity index (χ0n) is 11.3. The molecule has 0 radical (unpaired) electrons. The number of carbonyl (C=O) groups is 1. The Hall–Kier alpha value is -2.18. The lowest BCUT2D eigenvalue weighted by atomic mass is 10.0. The molecule has 0 spiro atoms. The summed E-state index contributed by atoms with van der Waals surface area (Å²) in [5, 5.41) is 9.15. The number of ether oxygens (including phenoxy) is 1. The smallest absolute Gasteiger partial charge is 0.328 e. The molecule has 1 aromatic heterocycles. The van der Waals surface area contributed by atoms with Crippen molar-refractivity contribution in [2.75, 3.05) is 7.11 Å². The van der Waals surface area contributed by atoms with Crippen LogP contribution in [0.1, 0.15) is 16.0 Å². The second-order valence-corrected chi connectivity index (χ2v) is 6.16. The standard InChI is InChI=1S/C15H9ClFNO3S/c1-21-15-10-5-12(16)22-14(10)9(6-13(19)20)8-3-2-7(17)4-11(8)18-15/h2-6H,1H3,(H,19,20). The van der Waals surface area contributed by atoms with Gasteiger partial charge in [0.2, 0.25) is 5.90 Å². The van der Waals surface area contributed by atoms with Crippen LogP contribution < -0.4 is 0 Å². The minimum Gasteiger partial charge on any atom is -0.481 e. The van der Waals surface area contributed by atoms with Crippen molar-refractivity contribution in [3.05, 3.63) is 56.5 Å². The number of halogens is 2. The van der Waals surface area contributed by atoms with Gasteiger partial charge in [0.1, 0.15) is 5.82 Å². The quantitative estimate of drug-likeness (QED) is 0.797. The lowest BCUT2D eigenvalue weighted by molar-refractivity contribution is -0.131. The zero-order valence-corrected chi connectivity index (χ0v) is 12.8. The van der Waals surface area contributed by atoms with Gasteiger partial charge in [-0.3, -0.25) is 0 Å². The van der Waals surface area contributed by atoms with Crippen molar-refractivity contribution in [3.8, 4) is 0 Å². The fraction of sp³-hybridized carbons (Fsp3) is 0.0667. The summed E-state index contributed by atoms with van der Waals surface area (Å²) in [5.74, 6) is -1.31. The molecule has 0 amide bonds. The number of benzene rings is 1. The summed E-state index contributed by atoms with van der Waals surface area (Å²) in [6.45, 7) is 0. The van der Waals surface area contributed by atoms with Crippen LogP contribution in [-0.2, 0) is 9.53 Å². The van der Waals surface area contributed by atoms with E-state index in [1.807, 2.05) is 0 Å².